The summed E-state index contributed by atoms with van der Waals surface area (Å²) in [6, 6.07) is 10.3. The Bertz CT molecular complexity index is 915. The van der Waals surface area contributed by atoms with Crippen molar-refractivity contribution >= 4 is 17.1 Å². The fourth-order valence-electron chi connectivity index (χ4n) is 2.28. The van der Waals surface area contributed by atoms with Crippen molar-refractivity contribution in [3.63, 3.8) is 0 Å². The third-order valence-corrected chi connectivity index (χ3v) is 3.22. The van der Waals surface area contributed by atoms with Gasteiger partial charge in [-0.3, -0.25) is 9.55 Å². The molecule has 0 bridgehead atoms. The fourth-order valence-corrected chi connectivity index (χ4v) is 2.28. The summed E-state index contributed by atoms with van der Waals surface area (Å²) in [4.78, 5) is 31.0. The largest absolute Gasteiger partial charge is 0.456 e. The molecule has 2 heterocycles. The van der Waals surface area contributed by atoms with Crippen molar-refractivity contribution in [2.45, 2.75) is 26.4 Å². The molecule has 0 saturated heterocycles. The van der Waals surface area contributed by atoms with Crippen molar-refractivity contribution in [2.24, 2.45) is 0 Å². The van der Waals surface area contributed by atoms with Crippen molar-refractivity contribution in [3.8, 4) is 5.69 Å². The van der Waals surface area contributed by atoms with E-state index in [2.05, 4.69) is 9.97 Å². The van der Waals surface area contributed by atoms with Crippen LogP contribution in [0.25, 0.3) is 16.9 Å². The second kappa shape index (κ2) is 5.39. The maximum absolute atomic E-state index is 12.1. The zero-order valence-corrected chi connectivity index (χ0v) is 13.2. The molecule has 1 N–H and O–H groups in total. The van der Waals surface area contributed by atoms with Crippen LogP contribution in [0.15, 0.2) is 47.4 Å². The van der Waals surface area contributed by atoms with E-state index in [1.807, 2.05) is 26.8 Å². The number of H-pyrrole nitrogens is 1. The van der Waals surface area contributed by atoms with E-state index in [0.717, 1.165) is 0 Å². The number of ether oxygens (including phenoxy) is 1. The van der Waals surface area contributed by atoms with Crippen molar-refractivity contribution < 1.29 is 9.53 Å². The molecule has 0 aliphatic carbocycles. The highest BCUT2D eigenvalue weighted by Gasteiger charge is 2.18. The average Bonchev–Trinajstić information content (AvgIpc) is 2.81. The molecular formula is C17H17N3O3. The first kappa shape index (κ1) is 15.0. The summed E-state index contributed by atoms with van der Waals surface area (Å²) in [7, 11) is 0. The van der Waals surface area contributed by atoms with Gasteiger partial charge in [-0.25, -0.2) is 14.6 Å². The van der Waals surface area contributed by atoms with Gasteiger partial charge in [0.1, 0.15) is 5.60 Å². The molecule has 118 valence electrons. The molecule has 6 heteroatoms. The molecule has 2 aromatic heterocycles. The van der Waals surface area contributed by atoms with Gasteiger partial charge in [0.05, 0.1) is 16.8 Å². The van der Waals surface area contributed by atoms with Gasteiger partial charge in [0.15, 0.2) is 5.65 Å². The topological polar surface area (TPSA) is 77.0 Å². The number of hydrogen-bond donors (Lipinski definition) is 1. The minimum Gasteiger partial charge on any atom is -0.456 e. The van der Waals surface area contributed by atoms with Crippen LogP contribution in [0, 0.1) is 0 Å². The van der Waals surface area contributed by atoms with E-state index in [4.69, 9.17) is 4.74 Å². The predicted molar refractivity (Wildman–Crippen MR) is 86.9 cm³/mol. The van der Waals surface area contributed by atoms with Crippen LogP contribution >= 0.6 is 0 Å². The highest BCUT2D eigenvalue weighted by Crippen LogP contribution is 2.16. The minimum atomic E-state index is -0.546. The van der Waals surface area contributed by atoms with Crippen LogP contribution in [0.5, 0.6) is 0 Å². The summed E-state index contributed by atoms with van der Waals surface area (Å²) in [6.07, 6.45) is 1.62. The Kier molecular flexibility index (Phi) is 3.52. The summed E-state index contributed by atoms with van der Waals surface area (Å²) < 4.78 is 6.84. The fraction of sp³-hybridized carbons (Fsp3) is 0.235. The van der Waals surface area contributed by atoms with E-state index in [-0.39, 0.29) is 5.69 Å². The molecule has 0 amide bonds. The molecule has 0 saturated carbocycles. The number of nitrogens with one attached hydrogen (secondary N) is 1. The molecule has 6 nitrogen and oxygen atoms in total. The maximum atomic E-state index is 12.1. The lowest BCUT2D eigenvalue weighted by molar-refractivity contribution is 0.00696. The number of nitrogens with zero attached hydrogens (tertiary/aromatic N) is 2. The van der Waals surface area contributed by atoms with Crippen LogP contribution in [-0.4, -0.2) is 26.1 Å². The van der Waals surface area contributed by atoms with Crippen molar-refractivity contribution in [1.29, 1.82) is 0 Å². The lowest BCUT2D eigenvalue weighted by atomic mass is 10.1. The summed E-state index contributed by atoms with van der Waals surface area (Å²) >= 11 is 0. The SMILES string of the molecule is CC(C)(C)OC(=O)c1ccc(-n2c(=O)[nH]c3ncccc32)cc1. The number of pyridine rings is 1. The van der Waals surface area contributed by atoms with E-state index in [1.165, 1.54) is 4.57 Å². The molecule has 0 aliphatic heterocycles. The number of hydrogen-bond acceptors (Lipinski definition) is 4. The van der Waals surface area contributed by atoms with Gasteiger partial charge in [-0.15, -0.1) is 0 Å². The van der Waals surface area contributed by atoms with Gasteiger partial charge in [-0.05, 0) is 57.2 Å². The second-order valence-corrected chi connectivity index (χ2v) is 6.19. The monoisotopic (exact) mass is 311 g/mol. The van der Waals surface area contributed by atoms with E-state index >= 15 is 0 Å². The predicted octanol–water partition coefficient (Wildman–Crippen LogP) is 2.67. The normalized spacial score (nSPS) is 11.6. The number of carbonyl (C=O) groups is 1. The van der Waals surface area contributed by atoms with Gasteiger partial charge in [0.2, 0.25) is 0 Å². The maximum Gasteiger partial charge on any atom is 0.338 e. The number of imidazole rings is 1. The minimum absolute atomic E-state index is 0.274. The Balaban J connectivity index is 1.97. The molecule has 3 aromatic rings. The third kappa shape index (κ3) is 3.01. The quantitative estimate of drug-likeness (QED) is 0.738. The summed E-state index contributed by atoms with van der Waals surface area (Å²) in [5, 5.41) is 0. The Labute approximate surface area is 132 Å². The van der Waals surface area contributed by atoms with Gasteiger partial charge < -0.3 is 4.74 Å². The number of aromatic amines is 1. The zero-order chi connectivity index (χ0) is 16.6. The number of benzene rings is 1. The highest BCUT2D eigenvalue weighted by molar-refractivity contribution is 5.90. The molecule has 0 atom stereocenters. The molecule has 0 spiro atoms. The molecule has 0 radical (unpaired) electrons. The lowest BCUT2D eigenvalue weighted by Gasteiger charge is -2.19. The summed E-state index contributed by atoms with van der Waals surface area (Å²) in [5.41, 5.74) is 1.48. The molecule has 23 heavy (non-hydrogen) atoms. The van der Waals surface area contributed by atoms with Crippen molar-refractivity contribution in [1.82, 2.24) is 14.5 Å². The first-order valence-electron chi connectivity index (χ1n) is 7.25. The first-order valence-corrected chi connectivity index (χ1v) is 7.25. The van der Waals surface area contributed by atoms with E-state index in [9.17, 15) is 9.59 Å². The average molecular weight is 311 g/mol. The van der Waals surface area contributed by atoms with E-state index < -0.39 is 11.6 Å². The van der Waals surface area contributed by atoms with Gasteiger partial charge in [-0.1, -0.05) is 0 Å². The van der Waals surface area contributed by atoms with Gasteiger partial charge in [-0.2, -0.15) is 0 Å². The van der Waals surface area contributed by atoms with Crippen LogP contribution in [0.1, 0.15) is 31.1 Å². The number of fused-ring (bicyclic) bond motifs is 1. The molecule has 0 unspecified atom stereocenters. The molecular weight excluding hydrogens is 294 g/mol. The van der Waals surface area contributed by atoms with Crippen molar-refractivity contribution in [2.75, 3.05) is 0 Å². The molecule has 0 aliphatic rings. The zero-order valence-electron chi connectivity index (χ0n) is 13.2. The highest BCUT2D eigenvalue weighted by atomic mass is 16.6. The number of aromatic nitrogens is 3. The molecule has 3 rings (SSSR count). The standard InChI is InChI=1S/C17H17N3O3/c1-17(2,3)23-15(21)11-6-8-12(9-7-11)20-13-5-4-10-18-14(13)19-16(20)22/h4-10H,1-3H3,(H,18,19,22). The van der Waals surface area contributed by atoms with Crippen LogP contribution in [0.4, 0.5) is 0 Å². The molecule has 0 fully saturated rings. The van der Waals surface area contributed by atoms with Crippen molar-refractivity contribution in [3.05, 3.63) is 58.6 Å². The second-order valence-electron chi connectivity index (χ2n) is 6.19. The summed E-state index contributed by atoms with van der Waals surface area (Å²) in [6.45, 7) is 5.45. The van der Waals surface area contributed by atoms with Crippen LogP contribution in [-0.2, 0) is 4.74 Å². The van der Waals surface area contributed by atoms with Crippen LogP contribution < -0.4 is 5.69 Å². The Hall–Kier alpha value is -2.89. The Morgan fingerprint density at radius 2 is 1.87 bits per heavy atom. The Morgan fingerprint density at radius 3 is 2.52 bits per heavy atom. The number of carbonyl (C=O) groups excluding carboxylic acids is 1. The first-order chi connectivity index (χ1) is 10.8. The van der Waals surface area contributed by atoms with Gasteiger partial charge >= 0.3 is 11.7 Å². The van der Waals surface area contributed by atoms with Gasteiger partial charge in [0.25, 0.3) is 0 Å². The molecule has 1 aromatic carbocycles. The van der Waals surface area contributed by atoms with Crippen LogP contribution in [0.3, 0.4) is 0 Å². The smallest absolute Gasteiger partial charge is 0.338 e. The van der Waals surface area contributed by atoms with Gasteiger partial charge in [0, 0.05) is 6.20 Å². The van der Waals surface area contributed by atoms with E-state index in [0.29, 0.717) is 22.4 Å². The van der Waals surface area contributed by atoms with Crippen LogP contribution in [0.2, 0.25) is 0 Å². The lowest BCUT2D eigenvalue weighted by Crippen LogP contribution is -2.23. The number of esters is 1. The number of rotatable bonds is 2. The third-order valence-electron chi connectivity index (χ3n) is 3.22. The van der Waals surface area contributed by atoms with E-state index in [1.54, 1.807) is 36.5 Å². The Morgan fingerprint density at radius 1 is 1.17 bits per heavy atom. The summed E-state index contributed by atoms with van der Waals surface area (Å²) in [5.74, 6) is -0.392.